The van der Waals surface area contributed by atoms with Gasteiger partial charge in [-0.2, -0.15) is 0 Å². The fraction of sp³-hybridized carbons (Fsp3) is 1.00. The summed E-state index contributed by atoms with van der Waals surface area (Å²) >= 11 is 0. The Kier molecular flexibility index (Phi) is 5.70. The lowest BCUT2D eigenvalue weighted by atomic mass is 10.2. The second kappa shape index (κ2) is 7.08. The molecular weight excluding hydrogens is 232 g/mol. The summed E-state index contributed by atoms with van der Waals surface area (Å²) in [5.74, 6) is 0. The van der Waals surface area contributed by atoms with Gasteiger partial charge in [-0.3, -0.25) is 0 Å². The van der Waals surface area contributed by atoms with Crippen molar-refractivity contribution in [3.05, 3.63) is 0 Å². The molecule has 2 fully saturated rings. The summed E-state index contributed by atoms with van der Waals surface area (Å²) in [7, 11) is 0. The minimum atomic E-state index is 1.37. The summed E-state index contributed by atoms with van der Waals surface area (Å²) < 4.78 is 2.88. The Balaban J connectivity index is 1.61. The third kappa shape index (κ3) is 3.95. The smallest absolute Gasteiger partial charge is 0.0788 e. The molecule has 0 N–H and O–H groups in total. The summed E-state index contributed by atoms with van der Waals surface area (Å²) in [5.41, 5.74) is 0. The molecule has 2 heterocycles. The zero-order chi connectivity index (χ0) is 13.6. The topological polar surface area (TPSA) is 0 Å². The molecule has 0 saturated carbocycles. The van der Waals surface area contributed by atoms with Crippen LogP contribution in [0, 0.1) is 0 Å². The lowest BCUT2D eigenvalue weighted by Gasteiger charge is -2.34. The summed E-state index contributed by atoms with van der Waals surface area (Å²) in [6.07, 6.45) is 10.3. The van der Waals surface area contributed by atoms with Crippen LogP contribution >= 0.6 is 0 Å². The van der Waals surface area contributed by atoms with Gasteiger partial charge >= 0.3 is 0 Å². The standard InChI is InChI=1S/C17H36N2/c1-3-18(14-8-9-15-18)12-6-5-7-13-19(4-2)16-10-11-17-19/h3-17H2,1-2H3/q+2. The molecule has 0 aromatic rings. The predicted molar refractivity (Wildman–Crippen MR) is 83.1 cm³/mol. The minimum absolute atomic E-state index is 1.37. The first-order valence-electron chi connectivity index (χ1n) is 8.94. The van der Waals surface area contributed by atoms with Crippen LogP contribution in [0.2, 0.25) is 0 Å². The van der Waals surface area contributed by atoms with E-state index in [0.29, 0.717) is 0 Å². The van der Waals surface area contributed by atoms with Crippen molar-refractivity contribution in [1.29, 1.82) is 0 Å². The quantitative estimate of drug-likeness (QED) is 0.467. The number of hydrogen-bond donors (Lipinski definition) is 0. The van der Waals surface area contributed by atoms with Gasteiger partial charge in [0.2, 0.25) is 0 Å². The fourth-order valence-electron chi connectivity index (χ4n) is 4.48. The van der Waals surface area contributed by atoms with E-state index in [-0.39, 0.29) is 0 Å². The lowest BCUT2D eigenvalue weighted by Crippen LogP contribution is -2.46. The van der Waals surface area contributed by atoms with Gasteiger partial charge in [0.15, 0.2) is 0 Å². The van der Waals surface area contributed by atoms with Gasteiger partial charge in [-0.1, -0.05) is 0 Å². The molecule has 0 aromatic heterocycles. The SMILES string of the molecule is CC[N+]1(CCCCC[N+]2(CC)CCCC2)CCCC1. The first-order valence-corrected chi connectivity index (χ1v) is 8.94. The molecule has 0 amide bonds. The third-order valence-corrected chi connectivity index (χ3v) is 6.14. The zero-order valence-corrected chi connectivity index (χ0v) is 13.5. The minimum Gasteiger partial charge on any atom is -0.324 e. The number of likely N-dealkylation sites (tertiary alicyclic amines) is 2. The molecular formula is C17H36N2+2. The van der Waals surface area contributed by atoms with Gasteiger partial charge in [-0.05, 0) is 33.1 Å². The van der Waals surface area contributed by atoms with Gasteiger partial charge in [0, 0.05) is 25.7 Å². The summed E-state index contributed by atoms with van der Waals surface area (Å²) in [6, 6.07) is 0. The Morgan fingerprint density at radius 1 is 0.579 bits per heavy atom. The van der Waals surface area contributed by atoms with Crippen molar-refractivity contribution in [2.24, 2.45) is 0 Å². The van der Waals surface area contributed by atoms with Crippen molar-refractivity contribution in [3.63, 3.8) is 0 Å². The van der Waals surface area contributed by atoms with Gasteiger partial charge < -0.3 is 8.97 Å². The summed E-state index contributed by atoms with van der Waals surface area (Å²) in [6.45, 7) is 16.3. The molecule has 2 heteroatoms. The van der Waals surface area contributed by atoms with E-state index < -0.39 is 0 Å². The molecule has 112 valence electrons. The number of unbranched alkanes of at least 4 members (excludes halogenated alkanes) is 2. The summed E-state index contributed by atoms with van der Waals surface area (Å²) in [5, 5.41) is 0. The monoisotopic (exact) mass is 268 g/mol. The van der Waals surface area contributed by atoms with Crippen molar-refractivity contribution in [2.75, 3.05) is 52.4 Å². The van der Waals surface area contributed by atoms with Crippen molar-refractivity contribution in [2.45, 2.75) is 58.8 Å². The van der Waals surface area contributed by atoms with Crippen molar-refractivity contribution < 1.29 is 8.97 Å². The molecule has 19 heavy (non-hydrogen) atoms. The molecule has 0 unspecified atom stereocenters. The second-order valence-electron chi connectivity index (χ2n) is 7.13. The van der Waals surface area contributed by atoms with E-state index in [0.717, 1.165) is 0 Å². The molecule has 2 aliphatic rings. The van der Waals surface area contributed by atoms with Gasteiger partial charge in [0.1, 0.15) is 0 Å². The summed E-state index contributed by atoms with van der Waals surface area (Å²) in [4.78, 5) is 0. The first kappa shape index (κ1) is 15.3. The van der Waals surface area contributed by atoms with Crippen molar-refractivity contribution >= 4 is 0 Å². The maximum Gasteiger partial charge on any atom is 0.0788 e. The van der Waals surface area contributed by atoms with Crippen LogP contribution in [0.5, 0.6) is 0 Å². The molecule has 0 aliphatic carbocycles. The van der Waals surface area contributed by atoms with Crippen molar-refractivity contribution in [1.82, 2.24) is 0 Å². The van der Waals surface area contributed by atoms with Gasteiger partial charge in [0.05, 0.1) is 52.4 Å². The molecule has 2 saturated heterocycles. The van der Waals surface area contributed by atoms with Crippen molar-refractivity contribution in [3.8, 4) is 0 Å². The Morgan fingerprint density at radius 3 is 1.26 bits per heavy atom. The van der Waals surface area contributed by atoms with Gasteiger partial charge in [-0.15, -0.1) is 0 Å². The molecule has 0 spiro atoms. The Morgan fingerprint density at radius 2 is 0.947 bits per heavy atom. The maximum absolute atomic E-state index is 2.40. The van der Waals surface area contributed by atoms with Crippen LogP contribution in [-0.4, -0.2) is 61.3 Å². The van der Waals surface area contributed by atoms with Crippen LogP contribution in [0.1, 0.15) is 58.8 Å². The Hall–Kier alpha value is -0.0800. The van der Waals surface area contributed by atoms with E-state index in [9.17, 15) is 0 Å². The number of nitrogens with zero attached hydrogens (tertiary/aromatic N) is 2. The van der Waals surface area contributed by atoms with E-state index in [4.69, 9.17) is 0 Å². The highest BCUT2D eigenvalue weighted by atomic mass is 15.4. The van der Waals surface area contributed by atoms with Gasteiger partial charge in [0.25, 0.3) is 0 Å². The van der Waals surface area contributed by atoms with E-state index >= 15 is 0 Å². The molecule has 2 nitrogen and oxygen atoms in total. The highest BCUT2D eigenvalue weighted by molar-refractivity contribution is 4.57. The van der Waals surface area contributed by atoms with Crippen LogP contribution in [-0.2, 0) is 0 Å². The second-order valence-corrected chi connectivity index (χ2v) is 7.13. The molecule has 0 radical (unpaired) electrons. The van der Waals surface area contributed by atoms with Crippen LogP contribution < -0.4 is 0 Å². The highest BCUT2D eigenvalue weighted by Crippen LogP contribution is 2.22. The van der Waals surface area contributed by atoms with E-state index in [1.807, 2.05) is 0 Å². The molecule has 0 bridgehead atoms. The number of hydrogen-bond acceptors (Lipinski definition) is 0. The normalized spacial score (nSPS) is 24.9. The third-order valence-electron chi connectivity index (χ3n) is 6.14. The lowest BCUT2D eigenvalue weighted by molar-refractivity contribution is -0.917. The molecule has 0 atom stereocenters. The maximum atomic E-state index is 2.40. The van der Waals surface area contributed by atoms with E-state index in [1.165, 1.54) is 106 Å². The highest BCUT2D eigenvalue weighted by Gasteiger charge is 2.30. The van der Waals surface area contributed by atoms with Crippen LogP contribution in [0.3, 0.4) is 0 Å². The first-order chi connectivity index (χ1) is 9.24. The van der Waals surface area contributed by atoms with E-state index in [1.54, 1.807) is 0 Å². The molecule has 2 aliphatic heterocycles. The largest absolute Gasteiger partial charge is 0.324 e. The van der Waals surface area contributed by atoms with E-state index in [2.05, 4.69) is 13.8 Å². The molecule has 0 aromatic carbocycles. The Bertz CT molecular complexity index is 224. The van der Waals surface area contributed by atoms with Gasteiger partial charge in [-0.25, -0.2) is 0 Å². The van der Waals surface area contributed by atoms with Crippen LogP contribution in [0.25, 0.3) is 0 Å². The Labute approximate surface area is 121 Å². The molecule has 2 rings (SSSR count). The predicted octanol–water partition coefficient (Wildman–Crippen LogP) is 3.42. The van der Waals surface area contributed by atoms with Crippen LogP contribution in [0.15, 0.2) is 0 Å². The average Bonchev–Trinajstić information content (AvgIpc) is 3.09. The number of quaternary nitrogens is 2. The number of rotatable bonds is 8. The fourth-order valence-corrected chi connectivity index (χ4v) is 4.48. The average molecular weight is 268 g/mol. The zero-order valence-electron chi connectivity index (χ0n) is 13.5. The van der Waals surface area contributed by atoms with Crippen LogP contribution in [0.4, 0.5) is 0 Å².